The van der Waals surface area contributed by atoms with E-state index in [-0.39, 0.29) is 5.75 Å². The van der Waals surface area contributed by atoms with Crippen LogP contribution >= 0.6 is 11.8 Å². The van der Waals surface area contributed by atoms with Crippen molar-refractivity contribution in [2.24, 2.45) is 0 Å². The van der Waals surface area contributed by atoms with E-state index in [2.05, 4.69) is 5.32 Å². The number of thioether (sulfide) groups is 1. The van der Waals surface area contributed by atoms with E-state index >= 15 is 0 Å². The lowest BCUT2D eigenvalue weighted by Crippen LogP contribution is -2.27. The highest BCUT2D eigenvalue weighted by molar-refractivity contribution is 8.00. The summed E-state index contributed by atoms with van der Waals surface area (Å²) in [6.45, 7) is 5.37. The van der Waals surface area contributed by atoms with E-state index in [1.54, 1.807) is 45.0 Å². The standard InChI is InChI=1S/C13H17NO4S/c1-13(2,3)18-12(17)14-9-4-6-10(7-5-9)19-8-11(15)16/h4-7H,8H2,1-3H3,(H,14,17)(H,15,16). The van der Waals surface area contributed by atoms with Crippen LogP contribution in [0.15, 0.2) is 29.2 Å². The molecule has 19 heavy (non-hydrogen) atoms. The van der Waals surface area contributed by atoms with Gasteiger partial charge in [0.2, 0.25) is 0 Å². The van der Waals surface area contributed by atoms with E-state index in [4.69, 9.17) is 9.84 Å². The molecule has 0 aliphatic carbocycles. The van der Waals surface area contributed by atoms with Gasteiger partial charge in [-0.05, 0) is 45.0 Å². The number of benzene rings is 1. The molecule has 0 aliphatic rings. The second kappa shape index (κ2) is 6.47. The number of aliphatic carboxylic acids is 1. The molecule has 0 heterocycles. The number of carbonyl (C=O) groups excluding carboxylic acids is 1. The summed E-state index contributed by atoms with van der Waals surface area (Å²) >= 11 is 1.22. The number of hydrogen-bond donors (Lipinski definition) is 2. The molecule has 6 heteroatoms. The van der Waals surface area contributed by atoms with Crippen molar-refractivity contribution in [2.75, 3.05) is 11.1 Å². The first-order valence-corrected chi connectivity index (χ1v) is 6.69. The van der Waals surface area contributed by atoms with Crippen LogP contribution in [0.1, 0.15) is 20.8 Å². The highest BCUT2D eigenvalue weighted by Gasteiger charge is 2.16. The Labute approximate surface area is 116 Å². The van der Waals surface area contributed by atoms with Crippen molar-refractivity contribution in [3.8, 4) is 0 Å². The molecule has 2 N–H and O–H groups in total. The van der Waals surface area contributed by atoms with Gasteiger partial charge in [0.25, 0.3) is 0 Å². The topological polar surface area (TPSA) is 75.6 Å². The van der Waals surface area contributed by atoms with Gasteiger partial charge in [-0.2, -0.15) is 0 Å². The third-order valence-electron chi connectivity index (χ3n) is 1.86. The van der Waals surface area contributed by atoms with Gasteiger partial charge in [0.05, 0.1) is 5.75 Å². The summed E-state index contributed by atoms with van der Waals surface area (Å²) in [6.07, 6.45) is -0.515. The summed E-state index contributed by atoms with van der Waals surface area (Å²) in [5.74, 6) is -0.847. The molecule has 0 aliphatic heterocycles. The number of carboxylic acids is 1. The number of carbonyl (C=O) groups is 2. The maximum absolute atomic E-state index is 11.5. The van der Waals surface area contributed by atoms with E-state index < -0.39 is 17.7 Å². The van der Waals surface area contributed by atoms with Crippen LogP contribution in [0.2, 0.25) is 0 Å². The zero-order valence-corrected chi connectivity index (χ0v) is 11.9. The molecule has 0 bridgehead atoms. The lowest BCUT2D eigenvalue weighted by molar-refractivity contribution is -0.133. The Morgan fingerprint density at radius 2 is 1.84 bits per heavy atom. The van der Waals surface area contributed by atoms with Gasteiger partial charge in [0, 0.05) is 10.6 Å². The largest absolute Gasteiger partial charge is 0.481 e. The first-order chi connectivity index (χ1) is 8.76. The zero-order chi connectivity index (χ0) is 14.5. The molecule has 104 valence electrons. The Hall–Kier alpha value is -1.69. The third-order valence-corrected chi connectivity index (χ3v) is 2.86. The second-order valence-electron chi connectivity index (χ2n) is 4.83. The smallest absolute Gasteiger partial charge is 0.412 e. The van der Waals surface area contributed by atoms with Gasteiger partial charge in [-0.3, -0.25) is 10.1 Å². The molecule has 1 aromatic carbocycles. The van der Waals surface area contributed by atoms with Gasteiger partial charge in [-0.1, -0.05) is 0 Å². The maximum atomic E-state index is 11.5. The predicted molar refractivity (Wildman–Crippen MR) is 74.7 cm³/mol. The molecule has 0 radical (unpaired) electrons. The molecular formula is C13H17NO4S. The van der Waals surface area contributed by atoms with E-state index in [1.807, 2.05) is 0 Å². The lowest BCUT2D eigenvalue weighted by atomic mass is 10.2. The fraction of sp³-hybridized carbons (Fsp3) is 0.385. The van der Waals surface area contributed by atoms with Crippen LogP contribution in [-0.2, 0) is 9.53 Å². The van der Waals surface area contributed by atoms with Gasteiger partial charge in [0.15, 0.2) is 0 Å². The molecule has 0 aromatic heterocycles. The van der Waals surface area contributed by atoms with Crippen LogP contribution in [0, 0.1) is 0 Å². The van der Waals surface area contributed by atoms with Gasteiger partial charge in [-0.15, -0.1) is 11.8 Å². The maximum Gasteiger partial charge on any atom is 0.412 e. The predicted octanol–water partition coefficient (Wildman–Crippen LogP) is 3.21. The number of ether oxygens (including phenoxy) is 1. The molecule has 0 saturated carbocycles. The van der Waals surface area contributed by atoms with Gasteiger partial charge in [-0.25, -0.2) is 4.79 Å². The normalized spacial score (nSPS) is 10.9. The molecule has 5 nitrogen and oxygen atoms in total. The average molecular weight is 283 g/mol. The molecule has 0 atom stereocenters. The highest BCUT2D eigenvalue weighted by Crippen LogP contribution is 2.20. The molecule has 0 fully saturated rings. The third kappa shape index (κ3) is 6.71. The molecule has 0 saturated heterocycles. The first-order valence-electron chi connectivity index (χ1n) is 5.71. The van der Waals surface area contributed by atoms with E-state index in [9.17, 15) is 9.59 Å². The Morgan fingerprint density at radius 1 is 1.26 bits per heavy atom. The van der Waals surface area contributed by atoms with E-state index in [1.165, 1.54) is 11.8 Å². The lowest BCUT2D eigenvalue weighted by Gasteiger charge is -2.19. The van der Waals surface area contributed by atoms with Crippen LogP contribution in [0.5, 0.6) is 0 Å². The molecule has 1 aromatic rings. The Bertz CT molecular complexity index is 451. The molecular weight excluding hydrogens is 266 g/mol. The summed E-state index contributed by atoms with van der Waals surface area (Å²) in [4.78, 5) is 22.8. The Balaban J connectivity index is 2.52. The average Bonchev–Trinajstić information content (AvgIpc) is 2.25. The fourth-order valence-corrected chi connectivity index (χ4v) is 1.82. The Morgan fingerprint density at radius 3 is 2.32 bits per heavy atom. The highest BCUT2D eigenvalue weighted by atomic mass is 32.2. The summed E-state index contributed by atoms with van der Waals surface area (Å²) in [7, 11) is 0. The zero-order valence-electron chi connectivity index (χ0n) is 11.1. The summed E-state index contributed by atoms with van der Waals surface area (Å²) in [5.41, 5.74) is 0.0652. The number of hydrogen-bond acceptors (Lipinski definition) is 4. The van der Waals surface area contributed by atoms with Crippen molar-refractivity contribution in [3.05, 3.63) is 24.3 Å². The van der Waals surface area contributed by atoms with Crippen molar-refractivity contribution in [1.82, 2.24) is 0 Å². The van der Waals surface area contributed by atoms with Crippen LogP contribution in [0.3, 0.4) is 0 Å². The summed E-state index contributed by atoms with van der Waals surface area (Å²) in [5, 5.41) is 11.2. The summed E-state index contributed by atoms with van der Waals surface area (Å²) < 4.78 is 5.12. The fourth-order valence-electron chi connectivity index (χ4n) is 1.20. The minimum absolute atomic E-state index is 0.0127. The number of amides is 1. The van der Waals surface area contributed by atoms with Crippen LogP contribution in [-0.4, -0.2) is 28.5 Å². The van der Waals surface area contributed by atoms with E-state index in [0.717, 1.165) is 4.90 Å². The molecule has 1 amide bonds. The van der Waals surface area contributed by atoms with Gasteiger partial charge < -0.3 is 9.84 Å². The quantitative estimate of drug-likeness (QED) is 0.830. The van der Waals surface area contributed by atoms with Gasteiger partial charge in [0.1, 0.15) is 5.60 Å². The number of anilines is 1. The second-order valence-corrected chi connectivity index (χ2v) is 5.88. The van der Waals surface area contributed by atoms with Crippen molar-refractivity contribution >= 4 is 29.5 Å². The molecule has 0 unspecified atom stereocenters. The van der Waals surface area contributed by atoms with Crippen molar-refractivity contribution in [3.63, 3.8) is 0 Å². The minimum Gasteiger partial charge on any atom is -0.481 e. The number of carboxylic acid groups (broad SMARTS) is 1. The van der Waals surface area contributed by atoms with Crippen LogP contribution < -0.4 is 5.32 Å². The minimum atomic E-state index is -0.860. The van der Waals surface area contributed by atoms with E-state index in [0.29, 0.717) is 5.69 Å². The SMILES string of the molecule is CC(C)(C)OC(=O)Nc1ccc(SCC(=O)O)cc1. The molecule has 1 rings (SSSR count). The van der Waals surface area contributed by atoms with Crippen molar-refractivity contribution < 1.29 is 19.4 Å². The van der Waals surface area contributed by atoms with Crippen LogP contribution in [0.25, 0.3) is 0 Å². The summed E-state index contributed by atoms with van der Waals surface area (Å²) in [6, 6.07) is 6.91. The number of rotatable bonds is 4. The van der Waals surface area contributed by atoms with Crippen LogP contribution in [0.4, 0.5) is 10.5 Å². The monoisotopic (exact) mass is 283 g/mol. The Kier molecular flexibility index (Phi) is 5.23. The van der Waals surface area contributed by atoms with Gasteiger partial charge >= 0.3 is 12.1 Å². The first kappa shape index (κ1) is 15.4. The van der Waals surface area contributed by atoms with Crippen molar-refractivity contribution in [2.45, 2.75) is 31.3 Å². The number of nitrogens with one attached hydrogen (secondary N) is 1. The molecule has 0 spiro atoms. The van der Waals surface area contributed by atoms with Crippen molar-refractivity contribution in [1.29, 1.82) is 0 Å².